The van der Waals surface area contributed by atoms with Gasteiger partial charge in [-0.3, -0.25) is 4.79 Å². The van der Waals surface area contributed by atoms with Crippen LogP contribution in [0.15, 0.2) is 18.2 Å². The molecule has 0 aliphatic carbocycles. The maximum absolute atomic E-state index is 11.8. The van der Waals surface area contributed by atoms with E-state index in [4.69, 9.17) is 16.3 Å². The van der Waals surface area contributed by atoms with Gasteiger partial charge in [-0.2, -0.15) is 0 Å². The number of methoxy groups -OCH3 is 1. The van der Waals surface area contributed by atoms with Gasteiger partial charge >= 0.3 is 0 Å². The van der Waals surface area contributed by atoms with Crippen molar-refractivity contribution < 1.29 is 9.53 Å². The molecule has 0 saturated carbocycles. The number of Topliss-reactive ketones (excluding diaryl/α,β-unsaturated/α-hetero) is 1. The van der Waals surface area contributed by atoms with Crippen LogP contribution in [0.1, 0.15) is 37.0 Å². The minimum atomic E-state index is 0.0985. The molecule has 0 saturated heterocycles. The number of hydrogen-bond donors (Lipinski definition) is 0. The van der Waals surface area contributed by atoms with Gasteiger partial charge in [0.1, 0.15) is 5.75 Å². The van der Waals surface area contributed by atoms with Crippen LogP contribution < -0.4 is 4.74 Å². The van der Waals surface area contributed by atoms with Gasteiger partial charge in [-0.25, -0.2) is 0 Å². The lowest BCUT2D eigenvalue weighted by Crippen LogP contribution is -2.02. The molecule has 0 aromatic heterocycles. The summed E-state index contributed by atoms with van der Waals surface area (Å²) in [5, 5.41) is 0.466. The number of halogens is 1. The lowest BCUT2D eigenvalue weighted by atomic mass is 10.0. The zero-order valence-electron chi connectivity index (χ0n) is 9.92. The predicted octanol–water partition coefficient (Wildman–Crippen LogP) is 3.97. The van der Waals surface area contributed by atoms with Crippen molar-refractivity contribution in [2.45, 2.75) is 26.7 Å². The van der Waals surface area contributed by atoms with Crippen molar-refractivity contribution in [2.24, 2.45) is 5.92 Å². The SMILES string of the molecule is COc1ccc(C(=O)CCC(C)C)c(Cl)c1. The van der Waals surface area contributed by atoms with Gasteiger partial charge in [-0.1, -0.05) is 25.4 Å². The van der Waals surface area contributed by atoms with Gasteiger partial charge < -0.3 is 4.74 Å². The lowest BCUT2D eigenvalue weighted by molar-refractivity contribution is 0.0975. The fourth-order valence-electron chi connectivity index (χ4n) is 1.40. The van der Waals surface area contributed by atoms with Crippen molar-refractivity contribution >= 4 is 17.4 Å². The minimum Gasteiger partial charge on any atom is -0.497 e. The summed E-state index contributed by atoms with van der Waals surface area (Å²) < 4.78 is 5.03. The van der Waals surface area contributed by atoms with E-state index in [1.165, 1.54) is 0 Å². The maximum atomic E-state index is 11.8. The number of ketones is 1. The average Bonchev–Trinajstić information content (AvgIpc) is 2.25. The first kappa shape index (κ1) is 13.0. The lowest BCUT2D eigenvalue weighted by Gasteiger charge is -2.07. The fraction of sp³-hybridized carbons (Fsp3) is 0.462. The number of carbonyl (C=O) groups excluding carboxylic acids is 1. The van der Waals surface area contributed by atoms with E-state index in [0.717, 1.165) is 6.42 Å². The van der Waals surface area contributed by atoms with Crippen molar-refractivity contribution in [1.29, 1.82) is 0 Å². The Bertz CT molecular complexity index is 372. The summed E-state index contributed by atoms with van der Waals surface area (Å²) in [6.45, 7) is 4.20. The van der Waals surface area contributed by atoms with E-state index in [1.54, 1.807) is 25.3 Å². The Morgan fingerprint density at radius 2 is 2.12 bits per heavy atom. The number of benzene rings is 1. The molecule has 0 aliphatic heterocycles. The Balaban J connectivity index is 2.76. The van der Waals surface area contributed by atoms with Crippen molar-refractivity contribution in [3.63, 3.8) is 0 Å². The van der Waals surface area contributed by atoms with Crippen molar-refractivity contribution in [3.05, 3.63) is 28.8 Å². The predicted molar refractivity (Wildman–Crippen MR) is 66.4 cm³/mol. The Labute approximate surface area is 102 Å². The molecule has 0 fully saturated rings. The molecule has 0 spiro atoms. The summed E-state index contributed by atoms with van der Waals surface area (Å²) in [5.41, 5.74) is 0.586. The highest BCUT2D eigenvalue weighted by Crippen LogP contribution is 2.24. The molecule has 0 aliphatic rings. The van der Waals surface area contributed by atoms with Crippen LogP contribution >= 0.6 is 11.6 Å². The zero-order chi connectivity index (χ0) is 12.1. The van der Waals surface area contributed by atoms with Gasteiger partial charge in [0.15, 0.2) is 5.78 Å². The summed E-state index contributed by atoms with van der Waals surface area (Å²) in [4.78, 5) is 11.8. The van der Waals surface area contributed by atoms with Crippen LogP contribution in [0.2, 0.25) is 5.02 Å². The summed E-state index contributed by atoms with van der Waals surface area (Å²) in [6.07, 6.45) is 1.44. The first-order valence-corrected chi connectivity index (χ1v) is 5.79. The molecule has 1 aromatic carbocycles. The van der Waals surface area contributed by atoms with Crippen LogP contribution in [0, 0.1) is 5.92 Å². The molecule has 16 heavy (non-hydrogen) atoms. The van der Waals surface area contributed by atoms with E-state index in [-0.39, 0.29) is 5.78 Å². The summed E-state index contributed by atoms with van der Waals surface area (Å²) >= 11 is 6.02. The summed E-state index contributed by atoms with van der Waals surface area (Å²) in [6, 6.07) is 5.16. The fourth-order valence-corrected chi connectivity index (χ4v) is 1.68. The highest BCUT2D eigenvalue weighted by molar-refractivity contribution is 6.34. The molecule has 0 bridgehead atoms. The molecule has 2 nitrogen and oxygen atoms in total. The van der Waals surface area contributed by atoms with Gasteiger partial charge in [0, 0.05) is 12.0 Å². The molecule has 0 unspecified atom stereocenters. The van der Waals surface area contributed by atoms with Crippen LogP contribution in [0.3, 0.4) is 0 Å². The van der Waals surface area contributed by atoms with Crippen LogP contribution in [-0.2, 0) is 0 Å². The monoisotopic (exact) mass is 240 g/mol. The van der Waals surface area contributed by atoms with E-state index >= 15 is 0 Å². The van der Waals surface area contributed by atoms with Gasteiger partial charge in [0.2, 0.25) is 0 Å². The Hall–Kier alpha value is -1.02. The largest absolute Gasteiger partial charge is 0.497 e. The highest BCUT2D eigenvalue weighted by Gasteiger charge is 2.11. The highest BCUT2D eigenvalue weighted by atomic mass is 35.5. The Morgan fingerprint density at radius 1 is 1.44 bits per heavy atom. The quantitative estimate of drug-likeness (QED) is 0.728. The molecule has 0 N–H and O–H groups in total. The van der Waals surface area contributed by atoms with Crippen LogP contribution in [0.5, 0.6) is 5.75 Å². The van der Waals surface area contributed by atoms with E-state index in [2.05, 4.69) is 13.8 Å². The first-order valence-electron chi connectivity index (χ1n) is 5.41. The van der Waals surface area contributed by atoms with Crippen molar-refractivity contribution in [1.82, 2.24) is 0 Å². The molecule has 0 amide bonds. The molecule has 1 rings (SSSR count). The standard InChI is InChI=1S/C13H17ClO2/c1-9(2)4-7-13(15)11-6-5-10(16-3)8-12(11)14/h5-6,8-9H,4,7H2,1-3H3. The Kier molecular flexibility index (Phi) is 4.81. The van der Waals surface area contributed by atoms with Crippen LogP contribution in [0.4, 0.5) is 0 Å². The third-order valence-electron chi connectivity index (χ3n) is 2.43. The molecular formula is C13H17ClO2. The summed E-state index contributed by atoms with van der Waals surface area (Å²) in [5.74, 6) is 1.30. The van der Waals surface area contributed by atoms with Crippen LogP contribution in [-0.4, -0.2) is 12.9 Å². The first-order chi connectivity index (χ1) is 7.54. The summed E-state index contributed by atoms with van der Waals surface area (Å²) in [7, 11) is 1.58. The molecule has 0 radical (unpaired) electrons. The van der Waals surface area contributed by atoms with Gasteiger partial charge in [0.25, 0.3) is 0 Å². The average molecular weight is 241 g/mol. The Morgan fingerprint density at radius 3 is 2.62 bits per heavy atom. The topological polar surface area (TPSA) is 26.3 Å². The molecular weight excluding hydrogens is 224 g/mol. The third kappa shape index (κ3) is 3.53. The van der Waals surface area contributed by atoms with Gasteiger partial charge in [-0.15, -0.1) is 0 Å². The second-order valence-corrected chi connectivity index (χ2v) is 4.61. The van der Waals surface area contributed by atoms with Crippen LogP contribution in [0.25, 0.3) is 0 Å². The van der Waals surface area contributed by atoms with E-state index in [0.29, 0.717) is 28.7 Å². The molecule has 0 atom stereocenters. The third-order valence-corrected chi connectivity index (χ3v) is 2.74. The second kappa shape index (κ2) is 5.90. The second-order valence-electron chi connectivity index (χ2n) is 4.20. The number of rotatable bonds is 5. The minimum absolute atomic E-state index is 0.0985. The number of carbonyl (C=O) groups is 1. The van der Waals surface area contributed by atoms with Gasteiger partial charge in [-0.05, 0) is 30.5 Å². The molecule has 88 valence electrons. The van der Waals surface area contributed by atoms with Gasteiger partial charge in [0.05, 0.1) is 12.1 Å². The maximum Gasteiger partial charge on any atom is 0.164 e. The van der Waals surface area contributed by atoms with E-state index in [9.17, 15) is 4.79 Å². The molecule has 3 heteroatoms. The van der Waals surface area contributed by atoms with Crippen molar-refractivity contribution in [2.75, 3.05) is 7.11 Å². The normalized spacial score (nSPS) is 10.6. The van der Waals surface area contributed by atoms with E-state index in [1.807, 2.05) is 0 Å². The molecule has 1 aromatic rings. The zero-order valence-corrected chi connectivity index (χ0v) is 10.7. The van der Waals surface area contributed by atoms with Crippen molar-refractivity contribution in [3.8, 4) is 5.75 Å². The van der Waals surface area contributed by atoms with E-state index < -0.39 is 0 Å². The number of hydrogen-bond acceptors (Lipinski definition) is 2. The smallest absolute Gasteiger partial charge is 0.164 e. The number of ether oxygens (including phenoxy) is 1. The molecule has 0 heterocycles.